The van der Waals surface area contributed by atoms with Gasteiger partial charge >= 0.3 is 0 Å². The highest BCUT2D eigenvalue weighted by atomic mass is 35.5. The number of hydrogen-bond donors (Lipinski definition) is 1. The fraction of sp³-hybridized carbons (Fsp3) is 0.556. The number of rotatable bonds is 2. The molecule has 1 N–H and O–H groups in total. The van der Waals surface area contributed by atoms with E-state index in [1.54, 1.807) is 33.8 Å². The lowest BCUT2D eigenvalue weighted by Gasteiger charge is -2.19. The minimum absolute atomic E-state index is 0.264. The number of hydrogen-bond acceptors (Lipinski definition) is 3. The molecule has 0 spiro atoms. The van der Waals surface area contributed by atoms with Crippen LogP contribution in [0.4, 0.5) is 0 Å². The third kappa shape index (κ3) is 3.45. The molecule has 86 valence electrons. The summed E-state index contributed by atoms with van der Waals surface area (Å²) in [7, 11) is -3.44. The van der Waals surface area contributed by atoms with E-state index < -0.39 is 15.6 Å². The Hall–Kier alpha value is -0.100. The van der Waals surface area contributed by atoms with Crippen molar-refractivity contribution in [1.29, 1.82) is 0 Å². The third-order valence-electron chi connectivity index (χ3n) is 1.54. The van der Waals surface area contributed by atoms with E-state index in [-0.39, 0.29) is 4.21 Å². The lowest BCUT2D eigenvalue weighted by Crippen LogP contribution is -2.40. The molecule has 6 heteroatoms. The molecule has 0 amide bonds. The van der Waals surface area contributed by atoms with Gasteiger partial charge in [-0.25, -0.2) is 13.1 Å². The number of aryl methyl sites for hydroxylation is 1. The Morgan fingerprint density at radius 1 is 1.40 bits per heavy atom. The molecule has 0 aromatic carbocycles. The van der Waals surface area contributed by atoms with Crippen molar-refractivity contribution in [3.8, 4) is 0 Å². The molecule has 1 heterocycles. The first-order valence-corrected chi connectivity index (χ1v) is 7.09. The average molecular weight is 268 g/mol. The van der Waals surface area contributed by atoms with E-state index in [2.05, 4.69) is 4.72 Å². The second-order valence-corrected chi connectivity index (χ2v) is 7.94. The fourth-order valence-corrected chi connectivity index (χ4v) is 4.14. The highest BCUT2D eigenvalue weighted by molar-refractivity contribution is 7.91. The van der Waals surface area contributed by atoms with Crippen LogP contribution in [0.25, 0.3) is 0 Å². The molecule has 15 heavy (non-hydrogen) atoms. The van der Waals surface area contributed by atoms with Gasteiger partial charge in [-0.1, -0.05) is 11.6 Å². The maximum absolute atomic E-state index is 11.9. The zero-order valence-corrected chi connectivity index (χ0v) is 11.5. The lowest BCUT2D eigenvalue weighted by molar-refractivity contribution is 0.492. The van der Waals surface area contributed by atoms with Crippen LogP contribution < -0.4 is 4.72 Å². The smallest absolute Gasteiger partial charge is 0.206 e. The van der Waals surface area contributed by atoms with Crippen LogP contribution in [0, 0.1) is 6.92 Å². The van der Waals surface area contributed by atoms with Gasteiger partial charge in [-0.2, -0.15) is 0 Å². The van der Waals surface area contributed by atoms with E-state index in [4.69, 9.17) is 11.6 Å². The van der Waals surface area contributed by atoms with Crippen molar-refractivity contribution < 1.29 is 8.42 Å². The summed E-state index contributed by atoms with van der Waals surface area (Å²) in [5, 5.41) is 0. The van der Waals surface area contributed by atoms with Crippen LogP contribution in [0.15, 0.2) is 10.3 Å². The second-order valence-electron chi connectivity index (χ2n) is 4.38. The van der Waals surface area contributed by atoms with Crippen molar-refractivity contribution in [2.45, 2.75) is 37.4 Å². The SMILES string of the molecule is Cc1cc(S(=O)(=O)NC(C)(C)C)sc1Cl. The quantitative estimate of drug-likeness (QED) is 0.896. The molecule has 0 saturated heterocycles. The maximum Gasteiger partial charge on any atom is 0.250 e. The number of thiophene rings is 1. The van der Waals surface area contributed by atoms with Crippen LogP contribution in [0.3, 0.4) is 0 Å². The molecule has 0 bridgehead atoms. The molecule has 0 fully saturated rings. The van der Waals surface area contributed by atoms with Gasteiger partial charge in [0.05, 0.1) is 4.34 Å². The molecule has 0 saturated carbocycles. The van der Waals surface area contributed by atoms with Crippen molar-refractivity contribution in [3.63, 3.8) is 0 Å². The molecule has 0 unspecified atom stereocenters. The van der Waals surface area contributed by atoms with E-state index in [0.717, 1.165) is 16.9 Å². The summed E-state index contributed by atoms with van der Waals surface area (Å²) < 4.78 is 27.1. The number of halogens is 1. The summed E-state index contributed by atoms with van der Waals surface area (Å²) >= 11 is 6.91. The molecule has 3 nitrogen and oxygen atoms in total. The molecule has 0 atom stereocenters. The Bertz CT molecular complexity index is 437. The van der Waals surface area contributed by atoms with Crippen molar-refractivity contribution in [2.75, 3.05) is 0 Å². The van der Waals surface area contributed by atoms with Crippen LogP contribution in [-0.4, -0.2) is 14.0 Å². The molecule has 0 radical (unpaired) electrons. The first kappa shape index (κ1) is 13.0. The van der Waals surface area contributed by atoms with Gasteiger partial charge in [0.2, 0.25) is 0 Å². The Morgan fingerprint density at radius 2 is 1.93 bits per heavy atom. The minimum Gasteiger partial charge on any atom is -0.206 e. The van der Waals surface area contributed by atoms with Crippen molar-refractivity contribution >= 4 is 33.0 Å². The second kappa shape index (κ2) is 4.05. The normalized spacial score (nSPS) is 13.1. The zero-order valence-electron chi connectivity index (χ0n) is 9.09. The number of sulfonamides is 1. The van der Waals surface area contributed by atoms with Gasteiger partial charge in [0.25, 0.3) is 10.0 Å². The van der Waals surface area contributed by atoms with Gasteiger partial charge in [-0.3, -0.25) is 0 Å². The summed E-state index contributed by atoms with van der Waals surface area (Å²) in [5.74, 6) is 0. The van der Waals surface area contributed by atoms with Crippen LogP contribution in [-0.2, 0) is 10.0 Å². The topological polar surface area (TPSA) is 46.2 Å². The molecule has 0 aliphatic heterocycles. The average Bonchev–Trinajstić information content (AvgIpc) is 2.27. The summed E-state index contributed by atoms with van der Waals surface area (Å²) in [6.45, 7) is 7.18. The van der Waals surface area contributed by atoms with E-state index in [9.17, 15) is 8.42 Å². The highest BCUT2D eigenvalue weighted by Crippen LogP contribution is 2.30. The first-order chi connectivity index (χ1) is 6.62. The summed E-state index contributed by atoms with van der Waals surface area (Å²) in [5.41, 5.74) is 0.305. The van der Waals surface area contributed by atoms with Gasteiger partial charge in [-0.15, -0.1) is 11.3 Å². The lowest BCUT2D eigenvalue weighted by atomic mass is 10.1. The first-order valence-electron chi connectivity index (χ1n) is 4.42. The standard InChI is InChI=1S/C9H14ClNO2S2/c1-6-5-7(14-8(6)10)15(12,13)11-9(2,3)4/h5,11H,1-4H3. The van der Waals surface area contributed by atoms with Gasteiger partial charge < -0.3 is 0 Å². The Balaban J connectivity index is 3.07. The van der Waals surface area contributed by atoms with Gasteiger partial charge in [0, 0.05) is 5.54 Å². The molecule has 1 rings (SSSR count). The molecule has 1 aromatic rings. The van der Waals surface area contributed by atoms with Gasteiger partial charge in [0.15, 0.2) is 0 Å². The van der Waals surface area contributed by atoms with E-state index in [1.165, 1.54) is 0 Å². The zero-order chi connectivity index (χ0) is 11.9. The number of nitrogens with one attached hydrogen (secondary N) is 1. The Kier molecular flexibility index (Phi) is 3.50. The predicted octanol–water partition coefficient (Wildman–Crippen LogP) is 2.79. The predicted molar refractivity (Wildman–Crippen MR) is 64.1 cm³/mol. The van der Waals surface area contributed by atoms with Gasteiger partial charge in [-0.05, 0) is 39.3 Å². The molecular formula is C9H14ClNO2S2. The minimum atomic E-state index is -3.44. The van der Waals surface area contributed by atoms with E-state index in [0.29, 0.717) is 4.34 Å². The summed E-state index contributed by atoms with van der Waals surface area (Å²) in [4.78, 5) is 0. The van der Waals surface area contributed by atoms with Crippen molar-refractivity contribution in [3.05, 3.63) is 16.0 Å². The third-order valence-corrected chi connectivity index (χ3v) is 5.33. The molecule has 1 aromatic heterocycles. The maximum atomic E-state index is 11.9. The van der Waals surface area contributed by atoms with Crippen LogP contribution >= 0.6 is 22.9 Å². The largest absolute Gasteiger partial charge is 0.250 e. The van der Waals surface area contributed by atoms with Crippen LogP contribution in [0.1, 0.15) is 26.3 Å². The monoisotopic (exact) mass is 267 g/mol. The molecule has 0 aliphatic rings. The van der Waals surface area contributed by atoms with Crippen molar-refractivity contribution in [1.82, 2.24) is 4.72 Å². The van der Waals surface area contributed by atoms with Crippen LogP contribution in [0.2, 0.25) is 4.34 Å². The molecular weight excluding hydrogens is 254 g/mol. The summed E-state index contributed by atoms with van der Waals surface area (Å²) in [6.07, 6.45) is 0. The fourth-order valence-electron chi connectivity index (χ4n) is 1.02. The summed E-state index contributed by atoms with van der Waals surface area (Å²) in [6, 6.07) is 1.58. The molecule has 0 aliphatic carbocycles. The Labute approximate surface area is 99.5 Å². The van der Waals surface area contributed by atoms with Crippen molar-refractivity contribution in [2.24, 2.45) is 0 Å². The van der Waals surface area contributed by atoms with Crippen LogP contribution in [0.5, 0.6) is 0 Å². The van der Waals surface area contributed by atoms with E-state index in [1.807, 2.05) is 0 Å². The highest BCUT2D eigenvalue weighted by Gasteiger charge is 2.24. The Morgan fingerprint density at radius 3 is 2.27 bits per heavy atom. The van der Waals surface area contributed by atoms with E-state index >= 15 is 0 Å². The van der Waals surface area contributed by atoms with Gasteiger partial charge in [0.1, 0.15) is 4.21 Å².